The van der Waals surface area contributed by atoms with Gasteiger partial charge in [-0.3, -0.25) is 18.9 Å². The molecule has 2 heterocycles. The van der Waals surface area contributed by atoms with E-state index in [1.807, 2.05) is 13.8 Å². The molecule has 1 saturated heterocycles. The van der Waals surface area contributed by atoms with Gasteiger partial charge in [-0.05, 0) is 19.9 Å². The Labute approximate surface area is 131 Å². The van der Waals surface area contributed by atoms with Crippen molar-refractivity contribution in [3.8, 4) is 0 Å². The molecular weight excluding hydrogens is 327 g/mol. The Balaban J connectivity index is 2.25. The number of nitrogens with one attached hydrogen (secondary N) is 1. The maximum absolute atomic E-state index is 11.8. The predicted molar refractivity (Wildman–Crippen MR) is 81.0 cm³/mol. The van der Waals surface area contributed by atoms with Crippen LogP contribution in [0, 0.1) is 0 Å². The number of hydrogen-bond donors (Lipinski definition) is 3. The number of aromatic amines is 1. The summed E-state index contributed by atoms with van der Waals surface area (Å²) in [5.41, 5.74) is -1.14. The second-order valence-corrected chi connectivity index (χ2v) is 6.94. The Morgan fingerprint density at radius 2 is 2.17 bits per heavy atom. The first-order chi connectivity index (χ1) is 10.7. The van der Waals surface area contributed by atoms with Crippen LogP contribution in [-0.2, 0) is 14.0 Å². The highest BCUT2D eigenvalue weighted by Gasteiger charge is 2.36. The van der Waals surface area contributed by atoms with Crippen molar-refractivity contribution in [3.63, 3.8) is 0 Å². The normalized spacial score (nSPS) is 25.5. The lowest BCUT2D eigenvalue weighted by molar-refractivity contribution is -0.0343. The summed E-state index contributed by atoms with van der Waals surface area (Å²) in [6.07, 6.45) is 0.851. The molecule has 0 aromatic carbocycles. The van der Waals surface area contributed by atoms with E-state index in [9.17, 15) is 14.2 Å². The Hall–Kier alpha value is -1.51. The third-order valence-corrected chi connectivity index (χ3v) is 3.75. The minimum absolute atomic E-state index is 0.124. The van der Waals surface area contributed by atoms with Gasteiger partial charge in [0.2, 0.25) is 0 Å². The molecule has 9 nitrogen and oxygen atoms in total. The van der Waals surface area contributed by atoms with E-state index in [2.05, 4.69) is 4.98 Å². The van der Waals surface area contributed by atoms with E-state index in [1.165, 1.54) is 22.9 Å². The van der Waals surface area contributed by atoms with E-state index < -0.39 is 37.3 Å². The van der Waals surface area contributed by atoms with E-state index in [4.69, 9.17) is 19.3 Å². The molecule has 0 radical (unpaired) electrons. The van der Waals surface area contributed by atoms with Crippen LogP contribution >= 0.6 is 7.60 Å². The van der Waals surface area contributed by atoms with Crippen LogP contribution in [0.4, 0.5) is 0 Å². The van der Waals surface area contributed by atoms with Crippen molar-refractivity contribution < 1.29 is 23.8 Å². The van der Waals surface area contributed by atoms with Gasteiger partial charge in [0.15, 0.2) is 0 Å². The van der Waals surface area contributed by atoms with Crippen molar-refractivity contribution in [1.29, 1.82) is 0 Å². The van der Waals surface area contributed by atoms with Crippen LogP contribution in [0.15, 0.2) is 33.7 Å². The fourth-order valence-electron chi connectivity index (χ4n) is 2.34. The first-order valence-corrected chi connectivity index (χ1v) is 8.71. The van der Waals surface area contributed by atoms with Gasteiger partial charge in [0.25, 0.3) is 5.56 Å². The van der Waals surface area contributed by atoms with Crippen molar-refractivity contribution in [3.05, 3.63) is 45.0 Å². The average molecular weight is 346 g/mol. The lowest BCUT2D eigenvalue weighted by Gasteiger charge is -2.18. The van der Waals surface area contributed by atoms with Crippen LogP contribution in [0.3, 0.4) is 0 Å². The molecule has 0 spiro atoms. The topological polar surface area (TPSA) is 131 Å². The molecule has 1 aliphatic rings. The molecule has 10 heteroatoms. The Bertz CT molecular complexity index is 732. The molecule has 0 saturated carbocycles. The molecule has 3 N–H and O–H groups in total. The maximum atomic E-state index is 11.8. The number of aromatic nitrogens is 2. The molecule has 3 atom stereocenters. The minimum atomic E-state index is -4.32. The van der Waals surface area contributed by atoms with Crippen molar-refractivity contribution in [2.45, 2.75) is 44.8 Å². The highest BCUT2D eigenvalue weighted by molar-refractivity contribution is 7.55. The zero-order valence-corrected chi connectivity index (χ0v) is 13.6. The summed E-state index contributed by atoms with van der Waals surface area (Å²) in [5, 5.41) is 0. The number of nitrogens with zero attached hydrogens (tertiary/aromatic N) is 1. The highest BCUT2D eigenvalue weighted by Crippen LogP contribution is 2.38. The zero-order valence-electron chi connectivity index (χ0n) is 12.7. The third-order valence-electron chi connectivity index (χ3n) is 3.19. The smallest absolute Gasteiger partial charge is 0.348 e. The molecule has 2 rings (SSSR count). The summed E-state index contributed by atoms with van der Waals surface area (Å²) in [5.74, 6) is 0.756. The van der Waals surface area contributed by atoms with Crippen LogP contribution in [-0.4, -0.2) is 37.6 Å². The second-order valence-electron chi connectivity index (χ2n) is 5.46. The summed E-state index contributed by atoms with van der Waals surface area (Å²) in [6, 6.07) is 1.20. The second kappa shape index (κ2) is 6.94. The lowest BCUT2D eigenvalue weighted by Crippen LogP contribution is -2.31. The Morgan fingerprint density at radius 1 is 1.48 bits per heavy atom. The summed E-state index contributed by atoms with van der Waals surface area (Å²) in [6.45, 7) is 3.65. The van der Waals surface area contributed by atoms with Gasteiger partial charge >= 0.3 is 13.3 Å². The first kappa shape index (κ1) is 17.8. The SMILES string of the molecule is CC(C)OC1CC(n2ccc(=O)[nH]c2=O)OC1/C=C/P(=O)(O)O. The van der Waals surface area contributed by atoms with Crippen molar-refractivity contribution in [1.82, 2.24) is 9.55 Å². The van der Waals surface area contributed by atoms with E-state index in [-0.39, 0.29) is 6.10 Å². The van der Waals surface area contributed by atoms with Crippen LogP contribution in [0.25, 0.3) is 0 Å². The number of hydrogen-bond acceptors (Lipinski definition) is 5. The molecule has 128 valence electrons. The van der Waals surface area contributed by atoms with Crippen LogP contribution in [0.2, 0.25) is 0 Å². The van der Waals surface area contributed by atoms with Crippen molar-refractivity contribution >= 4 is 7.60 Å². The van der Waals surface area contributed by atoms with Crippen LogP contribution < -0.4 is 11.2 Å². The summed E-state index contributed by atoms with van der Waals surface area (Å²) in [7, 11) is -4.32. The molecule has 0 aliphatic carbocycles. The summed E-state index contributed by atoms with van der Waals surface area (Å²) >= 11 is 0. The minimum Gasteiger partial charge on any atom is -0.372 e. The molecule has 1 fully saturated rings. The molecule has 1 aliphatic heterocycles. The zero-order chi connectivity index (χ0) is 17.2. The predicted octanol–water partition coefficient (Wildman–Crippen LogP) is 0.309. The lowest BCUT2D eigenvalue weighted by atomic mass is 10.1. The van der Waals surface area contributed by atoms with Gasteiger partial charge in [-0.1, -0.05) is 0 Å². The van der Waals surface area contributed by atoms with Gasteiger partial charge in [0, 0.05) is 24.5 Å². The molecule has 0 amide bonds. The molecular formula is C13H19N2O7P. The van der Waals surface area contributed by atoms with E-state index >= 15 is 0 Å². The highest BCUT2D eigenvalue weighted by atomic mass is 31.2. The van der Waals surface area contributed by atoms with Gasteiger partial charge in [-0.15, -0.1) is 0 Å². The third kappa shape index (κ3) is 4.98. The van der Waals surface area contributed by atoms with Crippen LogP contribution in [0.5, 0.6) is 0 Å². The number of rotatable bonds is 5. The van der Waals surface area contributed by atoms with Gasteiger partial charge in [-0.2, -0.15) is 0 Å². The fourth-order valence-corrected chi connectivity index (χ4v) is 2.73. The van der Waals surface area contributed by atoms with E-state index in [0.717, 1.165) is 5.82 Å². The summed E-state index contributed by atoms with van der Waals surface area (Å²) in [4.78, 5) is 42.9. The van der Waals surface area contributed by atoms with E-state index in [0.29, 0.717) is 6.42 Å². The average Bonchev–Trinajstić information content (AvgIpc) is 2.77. The first-order valence-electron chi connectivity index (χ1n) is 7.03. The fraction of sp³-hybridized carbons (Fsp3) is 0.538. The van der Waals surface area contributed by atoms with Crippen molar-refractivity contribution in [2.75, 3.05) is 0 Å². The van der Waals surface area contributed by atoms with Crippen molar-refractivity contribution in [2.24, 2.45) is 0 Å². The van der Waals surface area contributed by atoms with Gasteiger partial charge in [-0.25, -0.2) is 4.79 Å². The number of H-pyrrole nitrogens is 1. The quantitative estimate of drug-likeness (QED) is 0.654. The summed E-state index contributed by atoms with van der Waals surface area (Å²) < 4.78 is 23.5. The van der Waals surface area contributed by atoms with E-state index in [1.54, 1.807) is 0 Å². The Morgan fingerprint density at radius 3 is 2.74 bits per heavy atom. The van der Waals surface area contributed by atoms with Gasteiger partial charge in [0.1, 0.15) is 12.3 Å². The largest absolute Gasteiger partial charge is 0.372 e. The number of ether oxygens (including phenoxy) is 2. The monoisotopic (exact) mass is 346 g/mol. The van der Waals surface area contributed by atoms with Gasteiger partial charge < -0.3 is 19.3 Å². The molecule has 23 heavy (non-hydrogen) atoms. The standard InChI is InChI=1S/C13H19N2O7P/c1-8(2)21-10-7-12(15-5-3-11(16)14-13(15)17)22-9(10)4-6-23(18,19)20/h3-6,8-10,12H,7H2,1-2H3,(H,14,16,17)(H2,18,19,20)/b6-4+. The molecule has 1 aromatic heterocycles. The van der Waals surface area contributed by atoms with Gasteiger partial charge in [0.05, 0.1) is 12.2 Å². The Kier molecular flexibility index (Phi) is 5.38. The molecule has 0 bridgehead atoms. The van der Waals surface area contributed by atoms with Crippen LogP contribution in [0.1, 0.15) is 26.5 Å². The molecule has 1 aromatic rings. The maximum Gasteiger partial charge on any atom is 0.348 e. The molecule has 3 unspecified atom stereocenters.